The number of carbonyl (C=O) groups excluding carboxylic acids is 1. The van der Waals surface area contributed by atoms with Crippen molar-refractivity contribution in [1.29, 1.82) is 0 Å². The van der Waals surface area contributed by atoms with Crippen molar-refractivity contribution < 1.29 is 33.8 Å². The van der Waals surface area contributed by atoms with Gasteiger partial charge in [0.15, 0.2) is 0 Å². The molecule has 0 unspecified atom stereocenters. The molecule has 0 radical (unpaired) electrons. The quantitative estimate of drug-likeness (QED) is 0.178. The number of nitrogens with two attached hydrogens (primary N) is 1. The standard InChI is InChI=1S/C12H23N2O7P/c1-9(2)12(17)21-8-7-14(22(18,19)20)10(11(15)16)5-3-4-6-13/h10H,1,3-8,13H2,2H3,(H,15,16)(H2,18,19,20)/t10-/m0/s1. The van der Waals surface area contributed by atoms with E-state index in [1.165, 1.54) is 6.92 Å². The zero-order chi connectivity index (χ0) is 17.3. The smallest absolute Gasteiger partial charge is 0.403 e. The number of carbonyl (C=O) groups is 2. The average molecular weight is 338 g/mol. The van der Waals surface area contributed by atoms with E-state index in [-0.39, 0.29) is 18.6 Å². The highest BCUT2D eigenvalue weighted by molar-refractivity contribution is 7.49. The summed E-state index contributed by atoms with van der Waals surface area (Å²) < 4.78 is 16.8. The van der Waals surface area contributed by atoms with E-state index in [4.69, 9.17) is 15.6 Å². The van der Waals surface area contributed by atoms with Crippen molar-refractivity contribution in [2.45, 2.75) is 32.2 Å². The third kappa shape index (κ3) is 7.67. The normalized spacial score (nSPS) is 13.0. The minimum absolute atomic E-state index is 0.0338. The number of hydrogen-bond donors (Lipinski definition) is 4. The first-order valence-electron chi connectivity index (χ1n) is 6.69. The van der Waals surface area contributed by atoms with Gasteiger partial charge in [0.25, 0.3) is 0 Å². The molecule has 0 saturated carbocycles. The Morgan fingerprint density at radius 2 is 1.95 bits per heavy atom. The number of rotatable bonds is 11. The molecule has 0 aliphatic rings. The third-order valence-electron chi connectivity index (χ3n) is 2.81. The van der Waals surface area contributed by atoms with Gasteiger partial charge in [-0.15, -0.1) is 0 Å². The highest BCUT2D eigenvalue weighted by Gasteiger charge is 2.36. The topological polar surface area (TPSA) is 150 Å². The minimum Gasteiger partial charge on any atom is -0.480 e. The Morgan fingerprint density at radius 1 is 1.36 bits per heavy atom. The van der Waals surface area contributed by atoms with E-state index in [9.17, 15) is 23.9 Å². The maximum Gasteiger partial charge on any atom is 0.403 e. The SMILES string of the molecule is C=C(C)C(=O)OCCN([C@@H](CCCCN)C(=O)O)P(=O)(O)O. The van der Waals surface area contributed by atoms with Gasteiger partial charge in [-0.25, -0.2) is 9.36 Å². The summed E-state index contributed by atoms with van der Waals surface area (Å²) in [4.78, 5) is 41.1. The van der Waals surface area contributed by atoms with Gasteiger partial charge in [0, 0.05) is 12.1 Å². The van der Waals surface area contributed by atoms with Crippen LogP contribution in [0.25, 0.3) is 0 Å². The van der Waals surface area contributed by atoms with Gasteiger partial charge in [-0.2, -0.15) is 4.67 Å². The molecule has 0 heterocycles. The molecule has 0 bridgehead atoms. The van der Waals surface area contributed by atoms with Crippen molar-refractivity contribution in [3.05, 3.63) is 12.2 Å². The van der Waals surface area contributed by atoms with Crippen LogP contribution in [0.5, 0.6) is 0 Å². The van der Waals surface area contributed by atoms with Crippen LogP contribution in [0.4, 0.5) is 0 Å². The summed E-state index contributed by atoms with van der Waals surface area (Å²) in [6.07, 6.45) is 0.991. The molecular formula is C12H23N2O7P. The van der Waals surface area contributed by atoms with Crippen LogP contribution in [-0.2, 0) is 18.9 Å². The monoisotopic (exact) mass is 338 g/mol. The van der Waals surface area contributed by atoms with E-state index >= 15 is 0 Å². The predicted octanol–water partition coefficient (Wildman–Crippen LogP) is 0.0826. The summed E-state index contributed by atoms with van der Waals surface area (Å²) in [5.74, 6) is -2.06. The second-order valence-electron chi connectivity index (χ2n) is 4.73. The fraction of sp³-hybridized carbons (Fsp3) is 0.667. The van der Waals surface area contributed by atoms with Crippen molar-refractivity contribution in [3.63, 3.8) is 0 Å². The Morgan fingerprint density at radius 3 is 2.36 bits per heavy atom. The first-order chi connectivity index (χ1) is 10.1. The van der Waals surface area contributed by atoms with Gasteiger partial charge in [-0.3, -0.25) is 4.79 Å². The molecule has 0 aliphatic heterocycles. The van der Waals surface area contributed by atoms with Crippen LogP contribution < -0.4 is 5.73 Å². The molecule has 0 amide bonds. The van der Waals surface area contributed by atoms with Crippen molar-refractivity contribution in [3.8, 4) is 0 Å². The Balaban J connectivity index is 4.85. The Bertz CT molecular complexity index is 449. The minimum atomic E-state index is -4.81. The fourth-order valence-corrected chi connectivity index (χ4v) is 2.62. The second kappa shape index (κ2) is 9.70. The van der Waals surface area contributed by atoms with Crippen molar-refractivity contribution in [2.75, 3.05) is 19.7 Å². The van der Waals surface area contributed by atoms with Gasteiger partial charge in [-0.05, 0) is 26.3 Å². The molecular weight excluding hydrogens is 315 g/mol. The number of unbranched alkanes of at least 4 members (excludes halogenated alkanes) is 1. The van der Waals surface area contributed by atoms with Crippen LogP contribution in [0.2, 0.25) is 0 Å². The van der Waals surface area contributed by atoms with Gasteiger partial charge in [0.2, 0.25) is 0 Å². The van der Waals surface area contributed by atoms with E-state index in [2.05, 4.69) is 6.58 Å². The van der Waals surface area contributed by atoms with Gasteiger partial charge in [-0.1, -0.05) is 13.0 Å². The molecule has 0 aromatic heterocycles. The number of aliphatic carboxylic acids is 1. The summed E-state index contributed by atoms with van der Waals surface area (Å²) in [5.41, 5.74) is 5.45. The highest BCUT2D eigenvalue weighted by Crippen LogP contribution is 2.42. The molecule has 128 valence electrons. The molecule has 0 aliphatic carbocycles. The van der Waals surface area contributed by atoms with Crippen molar-refractivity contribution >= 4 is 19.7 Å². The molecule has 1 atom stereocenters. The zero-order valence-corrected chi connectivity index (χ0v) is 13.4. The largest absolute Gasteiger partial charge is 0.480 e. The summed E-state index contributed by atoms with van der Waals surface area (Å²) in [6, 6.07) is -1.38. The molecule has 0 fully saturated rings. The van der Waals surface area contributed by atoms with Crippen LogP contribution in [0.1, 0.15) is 26.2 Å². The molecule has 0 rings (SSSR count). The van der Waals surface area contributed by atoms with Crippen LogP contribution in [0.15, 0.2) is 12.2 Å². The predicted molar refractivity (Wildman–Crippen MR) is 78.9 cm³/mol. The second-order valence-corrected chi connectivity index (χ2v) is 6.27. The zero-order valence-electron chi connectivity index (χ0n) is 12.5. The number of carboxylic acid groups (broad SMARTS) is 1. The van der Waals surface area contributed by atoms with E-state index in [1.54, 1.807) is 0 Å². The Kier molecular flexibility index (Phi) is 9.15. The lowest BCUT2D eigenvalue weighted by molar-refractivity contribution is -0.143. The maximum atomic E-state index is 11.5. The molecule has 10 heteroatoms. The number of hydrogen-bond acceptors (Lipinski definition) is 5. The number of nitrogens with zero attached hydrogens (tertiary/aromatic N) is 1. The lowest BCUT2D eigenvalue weighted by Gasteiger charge is -2.28. The van der Waals surface area contributed by atoms with Gasteiger partial charge >= 0.3 is 19.7 Å². The van der Waals surface area contributed by atoms with Crippen molar-refractivity contribution in [1.82, 2.24) is 4.67 Å². The molecule has 5 N–H and O–H groups in total. The number of ether oxygens (including phenoxy) is 1. The summed E-state index contributed by atoms with van der Waals surface area (Å²) >= 11 is 0. The fourth-order valence-electron chi connectivity index (χ4n) is 1.70. The number of carboxylic acids is 1. The summed E-state index contributed by atoms with van der Waals surface area (Å²) in [5, 5.41) is 9.16. The third-order valence-corrected chi connectivity index (χ3v) is 3.96. The van der Waals surface area contributed by atoms with Crippen LogP contribution in [0.3, 0.4) is 0 Å². The van der Waals surface area contributed by atoms with E-state index in [0.29, 0.717) is 24.1 Å². The molecule has 9 nitrogen and oxygen atoms in total. The highest BCUT2D eigenvalue weighted by atomic mass is 31.2. The van der Waals surface area contributed by atoms with Gasteiger partial charge in [0.05, 0.1) is 0 Å². The molecule has 0 aromatic rings. The van der Waals surface area contributed by atoms with E-state index < -0.39 is 32.3 Å². The first kappa shape index (κ1) is 20.8. The van der Waals surface area contributed by atoms with Gasteiger partial charge in [0.1, 0.15) is 12.6 Å². The lowest BCUT2D eigenvalue weighted by Crippen LogP contribution is -2.41. The average Bonchev–Trinajstić information content (AvgIpc) is 2.38. The number of esters is 1. The van der Waals surface area contributed by atoms with Gasteiger partial charge < -0.3 is 25.4 Å². The maximum absolute atomic E-state index is 11.5. The van der Waals surface area contributed by atoms with E-state index in [0.717, 1.165) is 0 Å². The summed E-state index contributed by atoms with van der Waals surface area (Å²) in [7, 11) is -4.81. The molecule has 0 saturated heterocycles. The van der Waals surface area contributed by atoms with Crippen LogP contribution >= 0.6 is 7.75 Å². The van der Waals surface area contributed by atoms with E-state index in [1.807, 2.05) is 0 Å². The van der Waals surface area contributed by atoms with Crippen molar-refractivity contribution in [2.24, 2.45) is 5.73 Å². The molecule has 0 aromatic carbocycles. The Hall–Kier alpha value is -1.25. The lowest BCUT2D eigenvalue weighted by atomic mass is 10.1. The molecule has 0 spiro atoms. The van der Waals surface area contributed by atoms with Crippen LogP contribution in [0, 0.1) is 0 Å². The first-order valence-corrected chi connectivity index (χ1v) is 8.26. The van der Waals surface area contributed by atoms with Crippen LogP contribution in [-0.4, -0.2) is 57.2 Å². The summed E-state index contributed by atoms with van der Waals surface area (Å²) in [6.45, 7) is 4.40. The molecule has 22 heavy (non-hydrogen) atoms. The Labute approximate surface area is 129 Å².